The van der Waals surface area contributed by atoms with Crippen LogP contribution in [-0.4, -0.2) is 11.1 Å². The van der Waals surface area contributed by atoms with Gasteiger partial charge in [0, 0.05) is 11.3 Å². The van der Waals surface area contributed by atoms with Gasteiger partial charge < -0.3 is 10.8 Å². The lowest BCUT2D eigenvalue weighted by molar-refractivity contribution is 0.0697. The zero-order valence-electron chi connectivity index (χ0n) is 11.0. The fraction of sp³-hybridized carbons (Fsp3) is 0. The lowest BCUT2D eigenvalue weighted by Gasteiger charge is -2.07. The highest BCUT2D eigenvalue weighted by Crippen LogP contribution is 2.28. The molecule has 0 spiro atoms. The molecule has 0 amide bonds. The molecular formula is C17H12FNO2. The molecule has 0 saturated heterocycles. The Hall–Kier alpha value is -2.88. The lowest BCUT2D eigenvalue weighted by Crippen LogP contribution is -1.95. The number of nitrogen functional groups attached to an aromatic ring is 1. The molecule has 3 aromatic rings. The number of nitrogens with two attached hydrogens (primary N) is 1. The van der Waals surface area contributed by atoms with Crippen molar-refractivity contribution in [2.45, 2.75) is 0 Å². The first-order valence-corrected chi connectivity index (χ1v) is 6.37. The number of halogens is 1. The smallest absolute Gasteiger partial charge is 0.335 e. The Balaban J connectivity index is 2.13. The second-order valence-electron chi connectivity index (χ2n) is 4.82. The Morgan fingerprint density at radius 3 is 2.38 bits per heavy atom. The van der Waals surface area contributed by atoms with Gasteiger partial charge in [0.15, 0.2) is 0 Å². The summed E-state index contributed by atoms with van der Waals surface area (Å²) in [6.07, 6.45) is 0. The zero-order chi connectivity index (χ0) is 15.0. The van der Waals surface area contributed by atoms with Gasteiger partial charge in [-0.25, -0.2) is 9.18 Å². The Labute approximate surface area is 120 Å². The van der Waals surface area contributed by atoms with Crippen molar-refractivity contribution in [3.8, 4) is 11.1 Å². The van der Waals surface area contributed by atoms with Crippen molar-refractivity contribution in [1.82, 2.24) is 0 Å². The van der Waals surface area contributed by atoms with Gasteiger partial charge in [0.2, 0.25) is 0 Å². The van der Waals surface area contributed by atoms with Crippen LogP contribution in [0.1, 0.15) is 10.4 Å². The predicted molar refractivity (Wildman–Crippen MR) is 80.7 cm³/mol. The van der Waals surface area contributed by atoms with E-state index < -0.39 is 5.97 Å². The van der Waals surface area contributed by atoms with Crippen molar-refractivity contribution in [2.75, 3.05) is 5.73 Å². The number of carboxylic acid groups (broad SMARTS) is 1. The first-order chi connectivity index (χ1) is 10.0. The van der Waals surface area contributed by atoms with Gasteiger partial charge in [-0.2, -0.15) is 0 Å². The molecule has 3 nitrogen and oxygen atoms in total. The summed E-state index contributed by atoms with van der Waals surface area (Å²) in [7, 11) is 0. The Bertz CT molecular complexity index is 859. The molecule has 0 aliphatic rings. The normalized spacial score (nSPS) is 10.7. The van der Waals surface area contributed by atoms with Crippen LogP contribution in [0, 0.1) is 5.82 Å². The van der Waals surface area contributed by atoms with Crippen LogP contribution >= 0.6 is 0 Å². The molecule has 0 saturated carbocycles. The molecule has 0 unspecified atom stereocenters. The molecule has 0 fully saturated rings. The summed E-state index contributed by atoms with van der Waals surface area (Å²) in [6, 6.07) is 14.8. The van der Waals surface area contributed by atoms with E-state index in [1.165, 1.54) is 12.1 Å². The van der Waals surface area contributed by atoms with Gasteiger partial charge >= 0.3 is 5.97 Å². The van der Waals surface area contributed by atoms with E-state index in [4.69, 9.17) is 10.8 Å². The van der Waals surface area contributed by atoms with Gasteiger partial charge in [-0.15, -0.1) is 0 Å². The van der Waals surface area contributed by atoms with Gasteiger partial charge in [0.1, 0.15) is 5.82 Å². The maximum absolute atomic E-state index is 13.9. The van der Waals surface area contributed by atoms with E-state index in [0.717, 1.165) is 16.3 Å². The van der Waals surface area contributed by atoms with Gasteiger partial charge in [-0.3, -0.25) is 0 Å². The van der Waals surface area contributed by atoms with Crippen molar-refractivity contribution in [2.24, 2.45) is 0 Å². The molecule has 0 heterocycles. The predicted octanol–water partition coefficient (Wildman–Crippen LogP) is 3.93. The van der Waals surface area contributed by atoms with E-state index in [1.807, 2.05) is 6.07 Å². The number of carbonyl (C=O) groups is 1. The molecule has 21 heavy (non-hydrogen) atoms. The van der Waals surface area contributed by atoms with Crippen molar-refractivity contribution in [3.63, 3.8) is 0 Å². The minimum atomic E-state index is -0.967. The fourth-order valence-electron chi connectivity index (χ4n) is 2.31. The van der Waals surface area contributed by atoms with Crippen LogP contribution < -0.4 is 5.73 Å². The topological polar surface area (TPSA) is 63.3 Å². The fourth-order valence-corrected chi connectivity index (χ4v) is 2.31. The number of benzene rings is 3. The molecule has 0 aromatic heterocycles. The lowest BCUT2D eigenvalue weighted by atomic mass is 9.99. The van der Waals surface area contributed by atoms with Crippen molar-refractivity contribution < 1.29 is 14.3 Å². The first kappa shape index (κ1) is 13.1. The highest BCUT2D eigenvalue weighted by atomic mass is 19.1. The number of aromatic carboxylic acids is 1. The Morgan fingerprint density at radius 2 is 1.67 bits per heavy atom. The maximum atomic E-state index is 13.9. The van der Waals surface area contributed by atoms with Crippen molar-refractivity contribution in [1.29, 1.82) is 0 Å². The third-order valence-corrected chi connectivity index (χ3v) is 3.39. The summed E-state index contributed by atoms with van der Waals surface area (Å²) in [4.78, 5) is 10.9. The molecule has 3 N–H and O–H groups in total. The van der Waals surface area contributed by atoms with Crippen LogP contribution in [0.25, 0.3) is 21.9 Å². The van der Waals surface area contributed by atoms with Crippen LogP contribution in [0.3, 0.4) is 0 Å². The molecule has 4 heteroatoms. The van der Waals surface area contributed by atoms with Crippen LogP contribution in [0.4, 0.5) is 10.1 Å². The SMILES string of the molecule is Nc1ccc(-c2ccc3cc(C(=O)O)ccc3c2)c(F)c1. The molecule has 0 aliphatic heterocycles. The van der Waals surface area contributed by atoms with Crippen molar-refractivity contribution in [3.05, 3.63) is 66.0 Å². The van der Waals surface area contributed by atoms with Crippen LogP contribution in [0.2, 0.25) is 0 Å². The van der Waals surface area contributed by atoms with E-state index in [1.54, 1.807) is 36.4 Å². The third kappa shape index (κ3) is 2.43. The van der Waals surface area contributed by atoms with Crippen molar-refractivity contribution >= 4 is 22.4 Å². The summed E-state index contributed by atoms with van der Waals surface area (Å²) >= 11 is 0. The molecule has 0 radical (unpaired) electrons. The molecule has 3 rings (SSSR count). The van der Waals surface area contributed by atoms with Gasteiger partial charge in [-0.05, 0) is 52.7 Å². The molecular weight excluding hydrogens is 269 g/mol. The van der Waals surface area contributed by atoms with Crippen LogP contribution in [0.5, 0.6) is 0 Å². The molecule has 0 bridgehead atoms. The standard InChI is InChI=1S/C17H12FNO2/c18-16-9-14(19)5-6-15(16)12-3-1-11-8-13(17(20)21)4-2-10(11)7-12/h1-9H,19H2,(H,20,21). The van der Waals surface area contributed by atoms with Gasteiger partial charge in [0.05, 0.1) is 5.56 Å². The summed E-state index contributed by atoms with van der Waals surface area (Å²) < 4.78 is 13.9. The van der Waals surface area contributed by atoms with E-state index in [-0.39, 0.29) is 11.4 Å². The second-order valence-corrected chi connectivity index (χ2v) is 4.82. The van der Waals surface area contributed by atoms with Gasteiger partial charge in [-0.1, -0.05) is 18.2 Å². The minimum absolute atomic E-state index is 0.230. The summed E-state index contributed by atoms with van der Waals surface area (Å²) in [5, 5.41) is 10.6. The van der Waals surface area contributed by atoms with Gasteiger partial charge in [0.25, 0.3) is 0 Å². The number of rotatable bonds is 2. The minimum Gasteiger partial charge on any atom is -0.478 e. The van der Waals surface area contributed by atoms with Crippen LogP contribution in [0.15, 0.2) is 54.6 Å². The Morgan fingerprint density at radius 1 is 0.952 bits per heavy atom. The van der Waals surface area contributed by atoms with Crippen LogP contribution in [-0.2, 0) is 0 Å². The summed E-state index contributed by atoms with van der Waals surface area (Å²) in [6.45, 7) is 0. The molecule has 0 atom stereocenters. The second kappa shape index (κ2) is 4.90. The first-order valence-electron chi connectivity index (χ1n) is 6.37. The third-order valence-electron chi connectivity index (χ3n) is 3.39. The number of fused-ring (bicyclic) bond motifs is 1. The average molecular weight is 281 g/mol. The van der Waals surface area contributed by atoms with E-state index in [9.17, 15) is 9.18 Å². The number of anilines is 1. The number of hydrogen-bond donors (Lipinski definition) is 2. The highest BCUT2D eigenvalue weighted by molar-refractivity contribution is 5.95. The van der Waals surface area contributed by atoms with E-state index in [0.29, 0.717) is 11.3 Å². The highest BCUT2D eigenvalue weighted by Gasteiger charge is 2.08. The molecule has 3 aromatic carbocycles. The zero-order valence-corrected chi connectivity index (χ0v) is 11.0. The van der Waals surface area contributed by atoms with E-state index in [2.05, 4.69) is 0 Å². The summed E-state index contributed by atoms with van der Waals surface area (Å²) in [5.41, 5.74) is 7.35. The average Bonchev–Trinajstić information content (AvgIpc) is 2.46. The number of hydrogen-bond acceptors (Lipinski definition) is 2. The molecule has 0 aliphatic carbocycles. The largest absolute Gasteiger partial charge is 0.478 e. The quantitative estimate of drug-likeness (QED) is 0.700. The monoisotopic (exact) mass is 281 g/mol. The number of carboxylic acids is 1. The maximum Gasteiger partial charge on any atom is 0.335 e. The molecule has 104 valence electrons. The summed E-state index contributed by atoms with van der Waals surface area (Å²) in [5.74, 6) is -1.35. The Kier molecular flexibility index (Phi) is 3.06. The van der Waals surface area contributed by atoms with E-state index >= 15 is 0 Å².